The van der Waals surface area contributed by atoms with Crippen LogP contribution in [0.2, 0.25) is 0 Å². The Balaban J connectivity index is 3.38. The van der Waals surface area contributed by atoms with Crippen molar-refractivity contribution in [1.29, 1.82) is 0 Å². The largest absolute Gasteiger partial charge is 0.466 e. The molecule has 0 spiro atoms. The molecule has 0 aromatic carbocycles. The SMILES string of the molecule is CCCCCCCCCCCCCCCCCCCCCCC(O)C(CO)NC(=O)CCCCCCCCCCCCCCCCCCCCCCOC(=O)CCCCCCCCCCCCCCCC. The first-order valence-electron chi connectivity index (χ1n) is 32.8. The summed E-state index contributed by atoms with van der Waals surface area (Å²) < 4.78 is 5.49. The van der Waals surface area contributed by atoms with Gasteiger partial charge in [-0.25, -0.2) is 0 Å². The van der Waals surface area contributed by atoms with Crippen molar-refractivity contribution in [3.8, 4) is 0 Å². The minimum Gasteiger partial charge on any atom is -0.466 e. The summed E-state index contributed by atoms with van der Waals surface area (Å²) in [6.45, 7) is 4.99. The molecule has 2 unspecified atom stereocenters. The molecule has 0 fully saturated rings. The van der Waals surface area contributed by atoms with Crippen molar-refractivity contribution in [3.05, 3.63) is 0 Å². The molecule has 1 amide bonds. The lowest BCUT2D eigenvalue weighted by atomic mass is 10.0. The van der Waals surface area contributed by atoms with E-state index in [4.69, 9.17) is 4.74 Å². The highest BCUT2D eigenvalue weighted by molar-refractivity contribution is 5.76. The molecule has 2 atom stereocenters. The highest BCUT2D eigenvalue weighted by Crippen LogP contribution is 2.19. The Morgan fingerprint density at radius 1 is 0.338 bits per heavy atom. The Kier molecular flexibility index (Phi) is 60.4. The fourth-order valence-electron chi connectivity index (χ4n) is 10.6. The molecule has 6 nitrogen and oxygen atoms in total. The van der Waals surface area contributed by atoms with Gasteiger partial charge in [0.05, 0.1) is 25.4 Å². The van der Waals surface area contributed by atoms with E-state index in [0.717, 1.165) is 38.5 Å². The number of hydrogen-bond donors (Lipinski definition) is 3. The van der Waals surface area contributed by atoms with Crippen LogP contribution in [0.15, 0.2) is 0 Å². The third-order valence-electron chi connectivity index (χ3n) is 15.7. The Hall–Kier alpha value is -1.14. The zero-order valence-corrected chi connectivity index (χ0v) is 48.5. The summed E-state index contributed by atoms with van der Waals surface area (Å²) in [6, 6.07) is -0.542. The average molecular weight is 1000 g/mol. The first kappa shape index (κ1) is 69.9. The van der Waals surface area contributed by atoms with Crippen LogP contribution >= 0.6 is 0 Å². The van der Waals surface area contributed by atoms with Crippen molar-refractivity contribution in [3.63, 3.8) is 0 Å². The first-order valence-corrected chi connectivity index (χ1v) is 32.8. The van der Waals surface area contributed by atoms with E-state index < -0.39 is 12.1 Å². The molecule has 6 heteroatoms. The molecule has 3 N–H and O–H groups in total. The fraction of sp³-hybridized carbons (Fsp3) is 0.969. The number of hydrogen-bond acceptors (Lipinski definition) is 5. The van der Waals surface area contributed by atoms with E-state index >= 15 is 0 Å². The molecule has 0 aromatic heterocycles. The molecule has 0 bridgehead atoms. The predicted molar refractivity (Wildman–Crippen MR) is 310 cm³/mol. The number of aliphatic hydroxyl groups excluding tert-OH is 2. The van der Waals surface area contributed by atoms with Crippen LogP contribution in [0.25, 0.3) is 0 Å². The van der Waals surface area contributed by atoms with Gasteiger partial charge in [-0.1, -0.05) is 341 Å². The minimum absolute atomic E-state index is 0.0143. The summed E-state index contributed by atoms with van der Waals surface area (Å²) in [5, 5.41) is 23.4. The van der Waals surface area contributed by atoms with Gasteiger partial charge in [-0.05, 0) is 25.7 Å². The minimum atomic E-state index is -0.665. The molecule has 0 aliphatic carbocycles. The first-order chi connectivity index (χ1) is 35.0. The standard InChI is InChI=1S/C65H129NO5/c1-3-5-7-9-11-13-15-17-19-20-21-24-27-30-33-37-41-45-49-53-57-63(68)62(61-67)66-64(69)58-54-50-46-42-38-34-31-28-25-22-23-26-29-32-36-40-44-48-52-56-60-71-65(70)59-55-51-47-43-39-35-18-16-14-12-10-8-6-4-2/h62-63,67-68H,3-61H2,1-2H3,(H,66,69). The van der Waals surface area contributed by atoms with Gasteiger partial charge in [-0.2, -0.15) is 0 Å². The maximum atomic E-state index is 12.5. The summed E-state index contributed by atoms with van der Waals surface area (Å²) in [4.78, 5) is 24.6. The van der Waals surface area contributed by atoms with Gasteiger partial charge in [-0.15, -0.1) is 0 Å². The molecule has 71 heavy (non-hydrogen) atoms. The van der Waals surface area contributed by atoms with Crippen molar-refractivity contribution in [2.75, 3.05) is 13.2 Å². The second kappa shape index (κ2) is 61.4. The van der Waals surface area contributed by atoms with Crippen LogP contribution in [0, 0.1) is 0 Å². The van der Waals surface area contributed by atoms with Crippen molar-refractivity contribution < 1.29 is 24.5 Å². The lowest BCUT2D eigenvalue weighted by Crippen LogP contribution is -2.45. The van der Waals surface area contributed by atoms with E-state index in [1.54, 1.807) is 0 Å². The molecule has 0 aliphatic rings. The van der Waals surface area contributed by atoms with E-state index in [-0.39, 0.29) is 18.5 Å². The maximum absolute atomic E-state index is 12.5. The lowest BCUT2D eigenvalue weighted by Gasteiger charge is -2.22. The quantitative estimate of drug-likeness (QED) is 0.0417. The smallest absolute Gasteiger partial charge is 0.305 e. The van der Waals surface area contributed by atoms with Gasteiger partial charge in [0.15, 0.2) is 0 Å². The Morgan fingerprint density at radius 3 is 0.859 bits per heavy atom. The van der Waals surface area contributed by atoms with Crippen LogP contribution in [-0.2, 0) is 14.3 Å². The number of esters is 1. The van der Waals surface area contributed by atoms with Gasteiger partial charge in [0.1, 0.15) is 0 Å². The van der Waals surface area contributed by atoms with Gasteiger partial charge in [-0.3, -0.25) is 9.59 Å². The normalized spacial score (nSPS) is 12.5. The highest BCUT2D eigenvalue weighted by atomic mass is 16.5. The van der Waals surface area contributed by atoms with Gasteiger partial charge < -0.3 is 20.3 Å². The third-order valence-corrected chi connectivity index (χ3v) is 15.7. The zero-order chi connectivity index (χ0) is 51.4. The van der Waals surface area contributed by atoms with Crippen molar-refractivity contribution in [1.82, 2.24) is 5.32 Å². The molecule has 0 aliphatic heterocycles. The van der Waals surface area contributed by atoms with Gasteiger partial charge in [0.2, 0.25) is 5.91 Å². The van der Waals surface area contributed by atoms with Crippen LogP contribution in [0.4, 0.5) is 0 Å². The number of ether oxygens (including phenoxy) is 1. The van der Waals surface area contributed by atoms with Crippen LogP contribution in [0.3, 0.4) is 0 Å². The van der Waals surface area contributed by atoms with E-state index in [9.17, 15) is 19.8 Å². The second-order valence-electron chi connectivity index (χ2n) is 22.8. The molecular formula is C65H129NO5. The summed E-state index contributed by atoms with van der Waals surface area (Å²) in [6.07, 6.45) is 72.6. The summed E-state index contributed by atoms with van der Waals surface area (Å²) in [5.74, 6) is -0.0177. The third kappa shape index (κ3) is 58.0. The summed E-state index contributed by atoms with van der Waals surface area (Å²) in [7, 11) is 0. The molecule has 0 heterocycles. The molecule has 424 valence electrons. The Morgan fingerprint density at radius 2 is 0.577 bits per heavy atom. The number of nitrogens with one attached hydrogen (secondary N) is 1. The zero-order valence-electron chi connectivity index (χ0n) is 48.5. The van der Waals surface area contributed by atoms with Gasteiger partial charge >= 0.3 is 5.97 Å². The molecule has 0 radical (unpaired) electrons. The molecule has 0 rings (SSSR count). The molecular weight excluding hydrogens is 875 g/mol. The van der Waals surface area contributed by atoms with Crippen LogP contribution in [0.1, 0.15) is 380 Å². The molecule has 0 saturated carbocycles. The lowest BCUT2D eigenvalue weighted by molar-refractivity contribution is -0.143. The molecule has 0 aromatic rings. The number of amides is 1. The van der Waals surface area contributed by atoms with Gasteiger partial charge in [0.25, 0.3) is 0 Å². The van der Waals surface area contributed by atoms with Crippen LogP contribution in [-0.4, -0.2) is 47.4 Å². The fourth-order valence-corrected chi connectivity index (χ4v) is 10.6. The molecule has 0 saturated heterocycles. The maximum Gasteiger partial charge on any atom is 0.305 e. The van der Waals surface area contributed by atoms with Crippen molar-refractivity contribution in [2.45, 2.75) is 392 Å². The van der Waals surface area contributed by atoms with Crippen molar-refractivity contribution >= 4 is 11.9 Å². The topological polar surface area (TPSA) is 95.9 Å². The number of unbranched alkanes of at least 4 members (excludes halogenated alkanes) is 51. The van der Waals surface area contributed by atoms with E-state index in [1.165, 1.54) is 308 Å². The summed E-state index contributed by atoms with van der Waals surface area (Å²) >= 11 is 0. The Bertz CT molecular complexity index is 1020. The van der Waals surface area contributed by atoms with E-state index in [1.807, 2.05) is 0 Å². The second-order valence-corrected chi connectivity index (χ2v) is 22.8. The van der Waals surface area contributed by atoms with Gasteiger partial charge in [0, 0.05) is 12.8 Å². The van der Waals surface area contributed by atoms with E-state index in [2.05, 4.69) is 19.2 Å². The highest BCUT2D eigenvalue weighted by Gasteiger charge is 2.20. The number of rotatable bonds is 62. The van der Waals surface area contributed by atoms with Crippen LogP contribution in [0.5, 0.6) is 0 Å². The number of carbonyl (C=O) groups excluding carboxylic acids is 2. The number of carbonyl (C=O) groups is 2. The monoisotopic (exact) mass is 1000 g/mol. The predicted octanol–water partition coefficient (Wildman–Crippen LogP) is 20.6. The van der Waals surface area contributed by atoms with Crippen molar-refractivity contribution in [2.24, 2.45) is 0 Å². The number of aliphatic hydroxyl groups is 2. The van der Waals surface area contributed by atoms with Crippen LogP contribution < -0.4 is 5.32 Å². The average Bonchev–Trinajstić information content (AvgIpc) is 3.37. The van der Waals surface area contributed by atoms with E-state index in [0.29, 0.717) is 25.9 Å². The summed E-state index contributed by atoms with van der Waals surface area (Å²) in [5.41, 5.74) is 0. The Labute approximate surface area is 445 Å².